The van der Waals surface area contributed by atoms with Crippen LogP contribution in [-0.4, -0.2) is 31.9 Å². The molecule has 0 aromatic heterocycles. The van der Waals surface area contributed by atoms with Gasteiger partial charge in [0.2, 0.25) is 11.8 Å². The van der Waals surface area contributed by atoms with E-state index >= 15 is 0 Å². The van der Waals surface area contributed by atoms with Crippen LogP contribution in [0.15, 0.2) is 91.0 Å². The fourth-order valence-electron chi connectivity index (χ4n) is 6.82. The molecule has 0 radical (unpaired) electrons. The third kappa shape index (κ3) is 3.40. The number of amides is 3. The first-order valence-electron chi connectivity index (χ1n) is 13.2. The first-order valence-corrected chi connectivity index (χ1v) is 13.2. The Balaban J connectivity index is 1.24. The van der Waals surface area contributed by atoms with Crippen molar-refractivity contribution in [3.8, 4) is 11.5 Å². The Morgan fingerprint density at radius 1 is 0.700 bits per heavy atom. The van der Waals surface area contributed by atoms with Gasteiger partial charge in [-0.1, -0.05) is 54.6 Å². The van der Waals surface area contributed by atoms with Gasteiger partial charge in [0.05, 0.1) is 37.4 Å². The number of carbonyl (C=O) groups is 3. The van der Waals surface area contributed by atoms with E-state index in [9.17, 15) is 14.4 Å². The highest BCUT2D eigenvalue weighted by Gasteiger charge is 2.61. The highest BCUT2D eigenvalue weighted by Crippen LogP contribution is 2.61. The molecule has 4 aromatic carbocycles. The predicted molar refractivity (Wildman–Crippen MR) is 150 cm³/mol. The number of hydrogen-bond donors (Lipinski definition) is 1. The summed E-state index contributed by atoms with van der Waals surface area (Å²) in [4.78, 5) is 42.7. The van der Waals surface area contributed by atoms with Crippen LogP contribution in [0.25, 0.3) is 0 Å². The number of imide groups is 1. The number of nitrogens with one attached hydrogen (secondary N) is 1. The lowest BCUT2D eigenvalue weighted by Gasteiger charge is -2.45. The highest BCUT2D eigenvalue weighted by atomic mass is 16.5. The van der Waals surface area contributed by atoms with Crippen molar-refractivity contribution < 1.29 is 23.9 Å². The van der Waals surface area contributed by atoms with Gasteiger partial charge >= 0.3 is 0 Å². The summed E-state index contributed by atoms with van der Waals surface area (Å²) in [6.45, 7) is 0. The van der Waals surface area contributed by atoms with Crippen LogP contribution in [0.5, 0.6) is 11.5 Å². The van der Waals surface area contributed by atoms with Gasteiger partial charge in [0.1, 0.15) is 11.5 Å². The molecule has 2 bridgehead atoms. The van der Waals surface area contributed by atoms with Crippen molar-refractivity contribution in [2.75, 3.05) is 24.4 Å². The average molecular weight is 531 g/mol. The maximum absolute atomic E-state index is 14.1. The third-order valence-corrected chi connectivity index (χ3v) is 8.47. The van der Waals surface area contributed by atoms with Crippen molar-refractivity contribution in [3.05, 3.63) is 119 Å². The minimum absolute atomic E-state index is 0.184. The summed E-state index contributed by atoms with van der Waals surface area (Å²) in [7, 11) is 3.06. The predicted octanol–water partition coefficient (Wildman–Crippen LogP) is 5.35. The van der Waals surface area contributed by atoms with Gasteiger partial charge < -0.3 is 14.8 Å². The number of anilines is 2. The van der Waals surface area contributed by atoms with Gasteiger partial charge in [0.25, 0.3) is 5.91 Å². The molecule has 1 heterocycles. The van der Waals surface area contributed by atoms with E-state index in [-0.39, 0.29) is 23.7 Å². The Morgan fingerprint density at radius 3 is 1.80 bits per heavy atom. The molecule has 1 saturated heterocycles. The average Bonchev–Trinajstić information content (AvgIpc) is 3.27. The lowest BCUT2D eigenvalue weighted by molar-refractivity contribution is -0.122. The normalized spacial score (nSPS) is 21.9. The number of ether oxygens (including phenoxy) is 2. The number of rotatable bonds is 5. The molecule has 7 heteroatoms. The van der Waals surface area contributed by atoms with Crippen LogP contribution >= 0.6 is 0 Å². The molecule has 1 aliphatic heterocycles. The second kappa shape index (κ2) is 9.09. The van der Waals surface area contributed by atoms with Crippen LogP contribution in [0.3, 0.4) is 0 Å². The maximum Gasteiger partial charge on any atom is 0.255 e. The number of nitrogens with zero attached hydrogens (tertiary/aromatic N) is 1. The summed E-state index contributed by atoms with van der Waals surface area (Å²) in [5.74, 6) is -1.13. The first-order chi connectivity index (χ1) is 19.5. The zero-order valence-electron chi connectivity index (χ0n) is 22.0. The molecule has 4 aliphatic rings. The van der Waals surface area contributed by atoms with Crippen LogP contribution in [0.2, 0.25) is 0 Å². The van der Waals surface area contributed by atoms with Gasteiger partial charge in [-0.05, 0) is 52.6 Å². The van der Waals surface area contributed by atoms with Crippen LogP contribution in [-0.2, 0) is 9.59 Å². The van der Waals surface area contributed by atoms with Crippen molar-refractivity contribution in [3.63, 3.8) is 0 Å². The SMILES string of the molecule is COc1ccc(OC)c(NC(=O)c2cccc(N3C(=O)[C@@H]4C5c6ccccc6C(c6ccccc65)[C@@H]4C3=O)c2)c1. The van der Waals surface area contributed by atoms with Crippen molar-refractivity contribution in [1.29, 1.82) is 0 Å². The lowest BCUT2D eigenvalue weighted by Crippen LogP contribution is -2.41. The van der Waals surface area contributed by atoms with Crippen molar-refractivity contribution in [2.24, 2.45) is 11.8 Å². The summed E-state index contributed by atoms with van der Waals surface area (Å²) in [5, 5.41) is 2.86. The third-order valence-electron chi connectivity index (χ3n) is 8.47. The standard InChI is InChI=1S/C33H26N2O5/c1-39-20-14-15-26(40-2)25(17-20)34-31(36)18-8-7-9-19(16-18)35-32(37)29-27-21-10-3-4-11-22(21)28(30(29)33(35)38)24-13-6-5-12-23(24)27/h3-17,27-30H,1-2H3,(H,34,36)/t27?,28?,29-,30+. The molecule has 1 fully saturated rings. The smallest absolute Gasteiger partial charge is 0.255 e. The van der Waals surface area contributed by atoms with E-state index in [0.29, 0.717) is 28.4 Å². The Hall–Kier alpha value is -4.91. The van der Waals surface area contributed by atoms with Crippen molar-refractivity contribution in [1.82, 2.24) is 0 Å². The summed E-state index contributed by atoms with van der Waals surface area (Å²) in [5.41, 5.74) is 5.64. The molecule has 2 atom stereocenters. The molecule has 4 aromatic rings. The zero-order chi connectivity index (χ0) is 27.5. The number of carbonyl (C=O) groups excluding carboxylic acids is 3. The summed E-state index contributed by atoms with van der Waals surface area (Å²) >= 11 is 0. The summed E-state index contributed by atoms with van der Waals surface area (Å²) < 4.78 is 10.7. The van der Waals surface area contributed by atoms with E-state index in [1.165, 1.54) is 12.0 Å². The van der Waals surface area contributed by atoms with Crippen molar-refractivity contribution in [2.45, 2.75) is 11.8 Å². The molecule has 3 aliphatic carbocycles. The van der Waals surface area contributed by atoms with E-state index < -0.39 is 17.7 Å². The summed E-state index contributed by atoms with van der Waals surface area (Å²) in [6.07, 6.45) is 0. The molecule has 198 valence electrons. The quantitative estimate of drug-likeness (QED) is 0.352. The molecule has 0 unspecified atom stereocenters. The molecule has 0 saturated carbocycles. The Kier molecular flexibility index (Phi) is 5.49. The van der Waals surface area contributed by atoms with E-state index in [2.05, 4.69) is 29.6 Å². The minimum Gasteiger partial charge on any atom is -0.497 e. The van der Waals surface area contributed by atoms with Crippen LogP contribution in [0.4, 0.5) is 11.4 Å². The zero-order valence-corrected chi connectivity index (χ0v) is 22.0. The monoisotopic (exact) mass is 530 g/mol. The van der Waals surface area contributed by atoms with Crippen LogP contribution < -0.4 is 19.7 Å². The van der Waals surface area contributed by atoms with Crippen LogP contribution in [0, 0.1) is 11.8 Å². The lowest BCUT2D eigenvalue weighted by atomic mass is 9.55. The topological polar surface area (TPSA) is 84.9 Å². The maximum atomic E-state index is 14.1. The molecule has 8 rings (SSSR count). The van der Waals surface area contributed by atoms with E-state index in [1.54, 1.807) is 49.6 Å². The van der Waals surface area contributed by atoms with Gasteiger partial charge in [-0.25, -0.2) is 4.90 Å². The van der Waals surface area contributed by atoms with E-state index in [1.807, 2.05) is 24.3 Å². The molecule has 3 amide bonds. The number of benzene rings is 4. The highest BCUT2D eigenvalue weighted by molar-refractivity contribution is 6.23. The second-order valence-corrected chi connectivity index (χ2v) is 10.3. The fraction of sp³-hybridized carbons (Fsp3) is 0.182. The molecular weight excluding hydrogens is 504 g/mol. The van der Waals surface area contributed by atoms with E-state index in [0.717, 1.165) is 22.3 Å². The van der Waals surface area contributed by atoms with Gasteiger partial charge in [-0.3, -0.25) is 14.4 Å². The van der Waals surface area contributed by atoms with Gasteiger partial charge in [-0.2, -0.15) is 0 Å². The largest absolute Gasteiger partial charge is 0.497 e. The molecule has 7 nitrogen and oxygen atoms in total. The van der Waals surface area contributed by atoms with Gasteiger partial charge in [0.15, 0.2) is 0 Å². The Bertz CT molecular complexity index is 1600. The van der Waals surface area contributed by atoms with Gasteiger partial charge in [0, 0.05) is 23.5 Å². The molecule has 40 heavy (non-hydrogen) atoms. The molecular formula is C33H26N2O5. The second-order valence-electron chi connectivity index (χ2n) is 10.3. The fourth-order valence-corrected chi connectivity index (χ4v) is 6.82. The minimum atomic E-state index is -0.485. The van der Waals surface area contributed by atoms with E-state index in [4.69, 9.17) is 9.47 Å². The molecule has 1 N–H and O–H groups in total. The number of methoxy groups -OCH3 is 2. The number of hydrogen-bond acceptors (Lipinski definition) is 5. The van der Waals surface area contributed by atoms with Crippen LogP contribution in [0.1, 0.15) is 44.4 Å². The summed E-state index contributed by atoms with van der Waals surface area (Å²) in [6, 6.07) is 28.1. The van der Waals surface area contributed by atoms with Crippen molar-refractivity contribution >= 4 is 29.1 Å². The first kappa shape index (κ1) is 24.2. The Labute approximate surface area is 231 Å². The Morgan fingerprint density at radius 2 is 1.27 bits per heavy atom. The van der Waals surface area contributed by atoms with Gasteiger partial charge in [-0.15, -0.1) is 0 Å². The molecule has 0 spiro atoms.